The Morgan fingerprint density at radius 3 is 2.54 bits per heavy atom. The fraction of sp³-hybridized carbons (Fsp3) is 0.361. The topological polar surface area (TPSA) is 99.9 Å². The van der Waals surface area contributed by atoms with Crippen LogP contribution in [0, 0.1) is 5.82 Å². The van der Waals surface area contributed by atoms with Crippen LogP contribution >= 0.6 is 11.6 Å². The van der Waals surface area contributed by atoms with E-state index in [1.165, 1.54) is 13.0 Å². The molecule has 0 radical (unpaired) electrons. The van der Waals surface area contributed by atoms with E-state index in [2.05, 4.69) is 16.5 Å². The average molecular weight is 649 g/mol. The van der Waals surface area contributed by atoms with Crippen molar-refractivity contribution < 1.29 is 33.3 Å². The van der Waals surface area contributed by atoms with Crippen LogP contribution in [0.5, 0.6) is 11.5 Å². The first-order valence-electron chi connectivity index (χ1n) is 15.5. The van der Waals surface area contributed by atoms with E-state index in [9.17, 15) is 14.0 Å². The average Bonchev–Trinajstić information content (AvgIpc) is 3.51. The van der Waals surface area contributed by atoms with Crippen molar-refractivity contribution in [2.45, 2.75) is 78.2 Å². The summed E-state index contributed by atoms with van der Waals surface area (Å²) in [5.74, 6) is -0.688. The zero-order valence-corrected chi connectivity index (χ0v) is 27.2. The molecule has 0 aliphatic carbocycles. The molecule has 2 aliphatic rings. The molecule has 2 atom stereocenters. The second kappa shape index (κ2) is 14.1. The Labute approximate surface area is 272 Å². The van der Waals surface area contributed by atoms with Gasteiger partial charge in [-0.25, -0.2) is 14.2 Å². The summed E-state index contributed by atoms with van der Waals surface area (Å²) in [6.07, 6.45) is 6.42. The third kappa shape index (κ3) is 7.11. The van der Waals surface area contributed by atoms with Crippen LogP contribution < -0.4 is 9.47 Å². The van der Waals surface area contributed by atoms with Crippen molar-refractivity contribution in [1.82, 2.24) is 9.55 Å². The number of nitrogens with zero attached hydrogens (tertiary/aromatic N) is 2. The molecule has 10 heteroatoms. The number of para-hydroxylation sites is 1. The largest absolute Gasteiger partial charge is 0.478 e. The van der Waals surface area contributed by atoms with Gasteiger partial charge in [-0.05, 0) is 80.3 Å². The van der Waals surface area contributed by atoms with Gasteiger partial charge in [0.1, 0.15) is 11.6 Å². The van der Waals surface area contributed by atoms with Gasteiger partial charge >= 0.3 is 5.97 Å². The number of aromatic nitrogens is 2. The van der Waals surface area contributed by atoms with Crippen LogP contribution in [0.4, 0.5) is 4.39 Å². The molecule has 4 aromatic rings. The summed E-state index contributed by atoms with van der Waals surface area (Å²) < 4.78 is 34.1. The van der Waals surface area contributed by atoms with Crippen molar-refractivity contribution in [1.29, 1.82) is 0 Å². The number of fused-ring (bicyclic) bond motifs is 2. The van der Waals surface area contributed by atoms with Gasteiger partial charge in [0, 0.05) is 30.5 Å². The van der Waals surface area contributed by atoms with Crippen LogP contribution in [0.25, 0.3) is 16.6 Å². The molecule has 0 saturated carbocycles. The number of hydrogen-bond acceptors (Lipinski definition) is 6. The second-order valence-corrected chi connectivity index (χ2v) is 12.1. The smallest absolute Gasteiger partial charge is 0.335 e. The molecule has 1 unspecified atom stereocenters. The summed E-state index contributed by atoms with van der Waals surface area (Å²) in [5, 5.41) is 9.44. The molecule has 1 saturated heterocycles. The Morgan fingerprint density at radius 2 is 1.91 bits per heavy atom. The van der Waals surface area contributed by atoms with Gasteiger partial charge in [-0.2, -0.15) is 0 Å². The van der Waals surface area contributed by atoms with Crippen LogP contribution in [-0.2, 0) is 28.3 Å². The van der Waals surface area contributed by atoms with E-state index in [0.29, 0.717) is 22.1 Å². The highest BCUT2D eigenvalue weighted by Gasteiger charge is 2.42. The minimum atomic E-state index is -1.30. The molecule has 6 rings (SSSR count). The van der Waals surface area contributed by atoms with Gasteiger partial charge in [0.15, 0.2) is 17.3 Å². The van der Waals surface area contributed by atoms with E-state index >= 15 is 0 Å². The molecular formula is C36H38ClFN2O6. The van der Waals surface area contributed by atoms with E-state index in [0.717, 1.165) is 73.3 Å². The molecule has 0 spiro atoms. The predicted molar refractivity (Wildman–Crippen MR) is 175 cm³/mol. The van der Waals surface area contributed by atoms with Gasteiger partial charge in [-0.15, -0.1) is 0 Å². The number of imidazole rings is 1. The molecule has 1 fully saturated rings. The lowest BCUT2D eigenvalue weighted by Crippen LogP contribution is -2.32. The normalized spacial score (nSPS) is 18.6. The first-order valence-corrected chi connectivity index (χ1v) is 15.9. The first-order chi connectivity index (χ1) is 22.0. The van der Waals surface area contributed by atoms with Crippen LogP contribution in [0.2, 0.25) is 5.02 Å². The number of benzene rings is 3. The number of hydrogen-bond donors (Lipinski definition) is 1. The maximum atomic E-state index is 14.4. The second-order valence-electron chi connectivity index (χ2n) is 11.6. The van der Waals surface area contributed by atoms with Crippen molar-refractivity contribution in [3.63, 3.8) is 0 Å². The lowest BCUT2D eigenvalue weighted by atomic mass is 9.99. The van der Waals surface area contributed by atoms with E-state index < -0.39 is 17.6 Å². The Bertz CT molecular complexity index is 1800. The third-order valence-electron chi connectivity index (χ3n) is 7.97. The highest BCUT2D eigenvalue weighted by Crippen LogP contribution is 2.48. The number of ketones is 1. The van der Waals surface area contributed by atoms with Gasteiger partial charge in [0.05, 0.1) is 34.8 Å². The van der Waals surface area contributed by atoms with Crippen LogP contribution in [0.3, 0.4) is 0 Å². The van der Waals surface area contributed by atoms with Crippen molar-refractivity contribution in [3.8, 4) is 11.5 Å². The molecule has 46 heavy (non-hydrogen) atoms. The third-order valence-corrected chi connectivity index (χ3v) is 8.21. The number of carbonyl (C=O) groups excluding carboxylic acids is 1. The number of aromatic carboxylic acids is 1. The van der Waals surface area contributed by atoms with Gasteiger partial charge in [-0.1, -0.05) is 44.0 Å². The minimum Gasteiger partial charge on any atom is -0.478 e. The van der Waals surface area contributed by atoms with Gasteiger partial charge in [0.2, 0.25) is 0 Å². The predicted octanol–water partition coefficient (Wildman–Crippen LogP) is 8.37. The maximum absolute atomic E-state index is 14.4. The summed E-state index contributed by atoms with van der Waals surface area (Å²) in [4.78, 5) is 27.4. The highest BCUT2D eigenvalue weighted by molar-refractivity contribution is 6.30. The number of allylic oxidation sites excluding steroid dienone is 2. The minimum absolute atomic E-state index is 0.0310. The molecule has 1 aromatic heterocycles. The fourth-order valence-electron chi connectivity index (χ4n) is 5.70. The van der Waals surface area contributed by atoms with E-state index in [-0.39, 0.29) is 17.5 Å². The van der Waals surface area contributed by atoms with Gasteiger partial charge < -0.3 is 23.9 Å². The van der Waals surface area contributed by atoms with Gasteiger partial charge in [-0.3, -0.25) is 4.79 Å². The number of aryl methyl sites for hydroxylation is 1. The van der Waals surface area contributed by atoms with Crippen LogP contribution in [-0.4, -0.2) is 39.1 Å². The molecule has 0 amide bonds. The van der Waals surface area contributed by atoms with E-state index in [1.54, 1.807) is 49.4 Å². The Balaban J connectivity index is 0.000000187. The molecule has 2 aliphatic heterocycles. The Hall–Kier alpha value is -4.21. The van der Waals surface area contributed by atoms with Crippen molar-refractivity contribution >= 4 is 40.0 Å². The van der Waals surface area contributed by atoms with Crippen LogP contribution in [0.15, 0.2) is 60.7 Å². The fourth-order valence-corrected chi connectivity index (χ4v) is 5.86. The zero-order chi connectivity index (χ0) is 33.0. The SMILES string of the molecule is CCC/C(=C\C(C)=O)c1cccc2c1O[C@@](C)(c1ccc(Cl)cc1F)O2.CCCc1nc2ccc(C(=O)O)cc2n1CC1CCO1. The summed E-state index contributed by atoms with van der Waals surface area (Å²) in [6, 6.07) is 15.0. The maximum Gasteiger partial charge on any atom is 0.335 e. The molecular weight excluding hydrogens is 611 g/mol. The van der Waals surface area contributed by atoms with E-state index in [4.69, 9.17) is 30.9 Å². The number of ether oxygens (including phenoxy) is 3. The number of halogens is 2. The summed E-state index contributed by atoms with van der Waals surface area (Å²) in [6.45, 7) is 8.92. The summed E-state index contributed by atoms with van der Waals surface area (Å²) >= 11 is 5.85. The Morgan fingerprint density at radius 1 is 1.13 bits per heavy atom. The lowest BCUT2D eigenvalue weighted by molar-refractivity contribution is -0.112. The Kier molecular flexibility index (Phi) is 10.1. The van der Waals surface area contributed by atoms with E-state index in [1.807, 2.05) is 19.1 Å². The molecule has 3 aromatic carbocycles. The van der Waals surface area contributed by atoms with Crippen molar-refractivity contribution in [3.05, 3.63) is 94.0 Å². The van der Waals surface area contributed by atoms with Crippen molar-refractivity contribution in [2.75, 3.05) is 6.61 Å². The number of carbonyl (C=O) groups is 2. The molecule has 3 heterocycles. The molecule has 0 bridgehead atoms. The van der Waals surface area contributed by atoms with Crippen molar-refractivity contribution in [2.24, 2.45) is 0 Å². The molecule has 8 nitrogen and oxygen atoms in total. The lowest BCUT2D eigenvalue weighted by Gasteiger charge is -2.27. The first kappa shape index (κ1) is 33.2. The zero-order valence-electron chi connectivity index (χ0n) is 26.4. The van der Waals surface area contributed by atoms with Crippen LogP contribution in [0.1, 0.15) is 80.7 Å². The number of carboxylic acid groups (broad SMARTS) is 1. The molecule has 1 N–H and O–H groups in total. The quantitative estimate of drug-likeness (QED) is 0.172. The highest BCUT2D eigenvalue weighted by atomic mass is 35.5. The van der Waals surface area contributed by atoms with Gasteiger partial charge in [0.25, 0.3) is 5.79 Å². The monoisotopic (exact) mass is 648 g/mol. The number of carboxylic acids is 1. The number of rotatable bonds is 10. The summed E-state index contributed by atoms with van der Waals surface area (Å²) in [7, 11) is 0. The molecule has 242 valence electrons. The summed E-state index contributed by atoms with van der Waals surface area (Å²) in [5.41, 5.74) is 3.98. The standard InChI is InChI=1S/C21H20ClFO3.C15H18N2O3/c1-4-6-14(11-13(2)24)16-7-5-8-19-20(16)26-21(3,25-19)17-10-9-15(22)12-18(17)23;1-2-3-14-16-12-5-4-10(15(18)19)8-13(12)17(14)9-11-6-7-20-11/h5,7-12H,4,6H2,1-3H3;4-5,8,11H,2-3,6-7,9H2,1H3,(H,18,19)/b14-11+;/t21-;/m0./s1.